The van der Waals surface area contributed by atoms with Gasteiger partial charge in [-0.2, -0.15) is 5.10 Å². The molecule has 3 rings (SSSR count). The van der Waals surface area contributed by atoms with Crippen LogP contribution in [0.2, 0.25) is 0 Å². The highest BCUT2D eigenvalue weighted by atomic mass is 16.5. The Morgan fingerprint density at radius 3 is 2.62 bits per heavy atom. The minimum atomic E-state index is -0.197. The second-order valence-corrected chi connectivity index (χ2v) is 5.45. The number of hydrogen-bond acceptors (Lipinski definition) is 3. The summed E-state index contributed by atoms with van der Waals surface area (Å²) < 4.78 is 5.58. The van der Waals surface area contributed by atoms with Crippen molar-refractivity contribution in [3.63, 3.8) is 0 Å². The maximum Gasteiger partial charge on any atom is 0.269 e. The Labute approximate surface area is 140 Å². The predicted octanol–water partition coefficient (Wildman–Crippen LogP) is 3.19. The van der Waals surface area contributed by atoms with Gasteiger partial charge < -0.3 is 10.1 Å². The van der Waals surface area contributed by atoms with Gasteiger partial charge in [-0.25, -0.2) is 0 Å². The molecule has 2 aromatic carbocycles. The molecule has 0 saturated heterocycles. The summed E-state index contributed by atoms with van der Waals surface area (Å²) in [5.74, 6) is 0.597. The first-order chi connectivity index (χ1) is 11.7. The van der Waals surface area contributed by atoms with Gasteiger partial charge in [0.15, 0.2) is 0 Å². The maximum absolute atomic E-state index is 12.1. The van der Waals surface area contributed by atoms with Gasteiger partial charge in [-0.1, -0.05) is 48.0 Å². The smallest absolute Gasteiger partial charge is 0.269 e. The van der Waals surface area contributed by atoms with E-state index in [2.05, 4.69) is 15.5 Å². The van der Waals surface area contributed by atoms with Crippen molar-refractivity contribution in [2.75, 3.05) is 13.2 Å². The van der Waals surface area contributed by atoms with Crippen LogP contribution in [-0.4, -0.2) is 29.3 Å². The average molecular weight is 321 g/mol. The number of amides is 1. The average Bonchev–Trinajstić information content (AvgIpc) is 3.11. The molecule has 2 N–H and O–H groups in total. The van der Waals surface area contributed by atoms with Crippen molar-refractivity contribution in [1.29, 1.82) is 0 Å². The molecule has 0 spiro atoms. The molecule has 0 unspecified atom stereocenters. The molecule has 0 saturated carbocycles. The van der Waals surface area contributed by atoms with Gasteiger partial charge in [-0.15, -0.1) is 0 Å². The summed E-state index contributed by atoms with van der Waals surface area (Å²) in [5, 5.41) is 9.75. The number of H-pyrrole nitrogens is 1. The third-order valence-electron chi connectivity index (χ3n) is 3.57. The van der Waals surface area contributed by atoms with E-state index >= 15 is 0 Å². The molecule has 122 valence electrons. The van der Waals surface area contributed by atoms with E-state index in [1.54, 1.807) is 6.07 Å². The molecule has 0 aliphatic rings. The molecule has 0 aliphatic heterocycles. The van der Waals surface area contributed by atoms with Gasteiger partial charge in [0.1, 0.15) is 18.1 Å². The van der Waals surface area contributed by atoms with Gasteiger partial charge in [0.2, 0.25) is 0 Å². The van der Waals surface area contributed by atoms with E-state index in [-0.39, 0.29) is 5.91 Å². The van der Waals surface area contributed by atoms with E-state index in [0.29, 0.717) is 18.8 Å². The Morgan fingerprint density at radius 1 is 1.12 bits per heavy atom. The van der Waals surface area contributed by atoms with Gasteiger partial charge in [-0.05, 0) is 25.1 Å². The Hall–Kier alpha value is -3.08. The van der Waals surface area contributed by atoms with Crippen molar-refractivity contribution in [3.05, 3.63) is 71.9 Å². The zero-order valence-corrected chi connectivity index (χ0v) is 13.5. The zero-order chi connectivity index (χ0) is 16.8. The molecular formula is C19H19N3O2. The summed E-state index contributed by atoms with van der Waals surface area (Å²) in [6.07, 6.45) is 0. The minimum absolute atomic E-state index is 0.197. The first kappa shape index (κ1) is 15.8. The molecule has 1 aromatic heterocycles. The highest BCUT2D eigenvalue weighted by molar-refractivity contribution is 5.93. The summed E-state index contributed by atoms with van der Waals surface area (Å²) in [4.78, 5) is 12.1. The van der Waals surface area contributed by atoms with Gasteiger partial charge in [0.25, 0.3) is 5.91 Å². The maximum atomic E-state index is 12.1. The fourth-order valence-electron chi connectivity index (χ4n) is 2.26. The molecule has 0 radical (unpaired) electrons. The van der Waals surface area contributed by atoms with Crippen molar-refractivity contribution in [3.8, 4) is 17.0 Å². The summed E-state index contributed by atoms with van der Waals surface area (Å²) in [5.41, 5.74) is 3.33. The van der Waals surface area contributed by atoms with E-state index in [9.17, 15) is 4.79 Å². The monoisotopic (exact) mass is 321 g/mol. The highest BCUT2D eigenvalue weighted by Crippen LogP contribution is 2.16. The van der Waals surface area contributed by atoms with Crippen LogP contribution >= 0.6 is 0 Å². The molecule has 24 heavy (non-hydrogen) atoms. The molecule has 1 amide bonds. The minimum Gasteiger partial charge on any atom is -0.492 e. The van der Waals surface area contributed by atoms with Crippen molar-refractivity contribution in [1.82, 2.24) is 15.5 Å². The van der Waals surface area contributed by atoms with Crippen LogP contribution in [0.4, 0.5) is 0 Å². The molecule has 0 aliphatic carbocycles. The highest BCUT2D eigenvalue weighted by Gasteiger charge is 2.10. The van der Waals surface area contributed by atoms with Crippen LogP contribution in [0.25, 0.3) is 11.3 Å². The Morgan fingerprint density at radius 2 is 1.88 bits per heavy atom. The lowest BCUT2D eigenvalue weighted by molar-refractivity contribution is 0.0942. The Balaban J connectivity index is 1.49. The second-order valence-electron chi connectivity index (χ2n) is 5.45. The summed E-state index contributed by atoms with van der Waals surface area (Å²) in [7, 11) is 0. The lowest BCUT2D eigenvalue weighted by Gasteiger charge is -2.07. The second kappa shape index (κ2) is 7.46. The van der Waals surface area contributed by atoms with Crippen LogP contribution in [0.15, 0.2) is 60.7 Å². The molecular weight excluding hydrogens is 302 g/mol. The first-order valence-electron chi connectivity index (χ1n) is 7.81. The largest absolute Gasteiger partial charge is 0.492 e. The molecule has 0 atom stereocenters. The Bertz CT molecular complexity index is 795. The third-order valence-corrected chi connectivity index (χ3v) is 3.57. The SMILES string of the molecule is Cc1ccc(OCCNC(=O)c2cc(-c3ccccc3)n[nH]2)cc1. The first-order valence-corrected chi connectivity index (χ1v) is 7.81. The lowest BCUT2D eigenvalue weighted by Crippen LogP contribution is -2.28. The number of aromatic nitrogens is 2. The van der Waals surface area contributed by atoms with Crippen LogP contribution in [0.3, 0.4) is 0 Å². The number of carbonyl (C=O) groups is 1. The standard InChI is InChI=1S/C19H19N3O2/c1-14-7-9-16(10-8-14)24-12-11-20-19(23)18-13-17(21-22-18)15-5-3-2-4-6-15/h2-10,13H,11-12H2,1H3,(H,20,23)(H,21,22). The van der Waals surface area contributed by atoms with E-state index in [1.807, 2.05) is 61.5 Å². The zero-order valence-electron chi connectivity index (χ0n) is 13.5. The molecule has 5 nitrogen and oxygen atoms in total. The van der Waals surface area contributed by atoms with Crippen molar-refractivity contribution in [2.45, 2.75) is 6.92 Å². The van der Waals surface area contributed by atoms with E-state index in [0.717, 1.165) is 17.0 Å². The number of benzene rings is 2. The number of rotatable bonds is 6. The Kier molecular flexibility index (Phi) is 4.91. The number of aryl methyl sites for hydroxylation is 1. The van der Waals surface area contributed by atoms with Crippen LogP contribution in [-0.2, 0) is 0 Å². The quantitative estimate of drug-likeness (QED) is 0.685. The molecule has 0 fully saturated rings. The number of aromatic amines is 1. The number of hydrogen-bond donors (Lipinski definition) is 2. The van der Waals surface area contributed by atoms with E-state index < -0.39 is 0 Å². The van der Waals surface area contributed by atoms with Crippen LogP contribution < -0.4 is 10.1 Å². The van der Waals surface area contributed by atoms with E-state index in [4.69, 9.17) is 4.74 Å². The molecule has 5 heteroatoms. The van der Waals surface area contributed by atoms with Crippen LogP contribution in [0.5, 0.6) is 5.75 Å². The molecule has 0 bridgehead atoms. The fraction of sp³-hybridized carbons (Fsp3) is 0.158. The summed E-state index contributed by atoms with van der Waals surface area (Å²) in [6.45, 7) is 2.86. The normalized spacial score (nSPS) is 10.4. The van der Waals surface area contributed by atoms with Crippen molar-refractivity contribution < 1.29 is 9.53 Å². The van der Waals surface area contributed by atoms with Gasteiger partial charge in [-0.3, -0.25) is 9.89 Å². The van der Waals surface area contributed by atoms with Crippen LogP contribution in [0.1, 0.15) is 16.1 Å². The number of nitrogens with zero attached hydrogens (tertiary/aromatic N) is 1. The summed E-state index contributed by atoms with van der Waals surface area (Å²) >= 11 is 0. The van der Waals surface area contributed by atoms with Crippen LogP contribution in [0, 0.1) is 6.92 Å². The van der Waals surface area contributed by atoms with Crippen molar-refractivity contribution >= 4 is 5.91 Å². The predicted molar refractivity (Wildman–Crippen MR) is 93.0 cm³/mol. The fourth-order valence-corrected chi connectivity index (χ4v) is 2.26. The number of ether oxygens (including phenoxy) is 1. The lowest BCUT2D eigenvalue weighted by atomic mass is 10.1. The molecule has 3 aromatic rings. The van der Waals surface area contributed by atoms with Gasteiger partial charge in [0, 0.05) is 5.56 Å². The van der Waals surface area contributed by atoms with E-state index in [1.165, 1.54) is 5.56 Å². The third kappa shape index (κ3) is 4.01. The number of nitrogens with one attached hydrogen (secondary N) is 2. The topological polar surface area (TPSA) is 67.0 Å². The van der Waals surface area contributed by atoms with Crippen molar-refractivity contribution in [2.24, 2.45) is 0 Å². The van der Waals surface area contributed by atoms with Gasteiger partial charge >= 0.3 is 0 Å². The molecule has 1 heterocycles. The van der Waals surface area contributed by atoms with Gasteiger partial charge in [0.05, 0.1) is 12.2 Å². The summed E-state index contributed by atoms with van der Waals surface area (Å²) in [6, 6.07) is 19.3. The number of carbonyl (C=O) groups excluding carboxylic acids is 1.